The van der Waals surface area contributed by atoms with Crippen molar-refractivity contribution in [3.05, 3.63) is 48.2 Å². The molecular formula is C17H19N3O4. The Hall–Kier alpha value is -2.80. The Labute approximate surface area is 138 Å². The molecule has 24 heavy (non-hydrogen) atoms. The summed E-state index contributed by atoms with van der Waals surface area (Å²) >= 11 is 0. The number of anilines is 1. The standard InChI is InChI=1S/C17H19N3O4/c1-3-15-20-12-9-11(6-7-13(12)24-15)19-16(21)18-10-17(2,22)14-5-4-8-23-14/h4-9,22H,3,10H2,1-2H3,(H2,18,19,21). The van der Waals surface area contributed by atoms with Gasteiger partial charge in [0, 0.05) is 12.1 Å². The maximum Gasteiger partial charge on any atom is 0.319 e. The predicted octanol–water partition coefficient (Wildman–Crippen LogP) is 3.01. The number of hydrogen-bond donors (Lipinski definition) is 3. The number of carbonyl (C=O) groups is 1. The third kappa shape index (κ3) is 3.41. The van der Waals surface area contributed by atoms with Gasteiger partial charge in [0.1, 0.15) is 16.9 Å². The van der Waals surface area contributed by atoms with Crippen molar-refractivity contribution in [3.63, 3.8) is 0 Å². The second-order valence-corrected chi connectivity index (χ2v) is 5.70. The lowest BCUT2D eigenvalue weighted by atomic mass is 10.0. The first-order valence-electron chi connectivity index (χ1n) is 7.68. The van der Waals surface area contributed by atoms with E-state index in [9.17, 15) is 9.90 Å². The van der Waals surface area contributed by atoms with Crippen molar-refractivity contribution in [2.45, 2.75) is 25.9 Å². The van der Waals surface area contributed by atoms with E-state index in [2.05, 4.69) is 15.6 Å². The number of amides is 2. The van der Waals surface area contributed by atoms with Crippen LogP contribution in [0.3, 0.4) is 0 Å². The smallest absolute Gasteiger partial charge is 0.319 e. The van der Waals surface area contributed by atoms with E-state index in [1.165, 1.54) is 6.26 Å². The van der Waals surface area contributed by atoms with E-state index in [-0.39, 0.29) is 6.54 Å². The first-order valence-corrected chi connectivity index (χ1v) is 7.68. The SMILES string of the molecule is CCc1nc2cc(NC(=O)NCC(C)(O)c3ccco3)ccc2o1. The molecule has 2 amide bonds. The van der Waals surface area contributed by atoms with Crippen molar-refractivity contribution in [2.75, 3.05) is 11.9 Å². The van der Waals surface area contributed by atoms with Crippen molar-refractivity contribution in [1.29, 1.82) is 0 Å². The Bertz CT molecular complexity index is 837. The van der Waals surface area contributed by atoms with E-state index in [1.807, 2.05) is 6.92 Å². The summed E-state index contributed by atoms with van der Waals surface area (Å²) < 4.78 is 10.7. The molecular weight excluding hydrogens is 310 g/mol. The summed E-state index contributed by atoms with van der Waals surface area (Å²) in [5.74, 6) is 1.04. The topological polar surface area (TPSA) is 101 Å². The van der Waals surface area contributed by atoms with Gasteiger partial charge in [-0.05, 0) is 37.3 Å². The molecule has 0 saturated heterocycles. The van der Waals surface area contributed by atoms with Crippen LogP contribution in [0.1, 0.15) is 25.5 Å². The quantitative estimate of drug-likeness (QED) is 0.668. The molecule has 0 bridgehead atoms. The van der Waals surface area contributed by atoms with Gasteiger partial charge in [0.25, 0.3) is 0 Å². The highest BCUT2D eigenvalue weighted by Crippen LogP contribution is 2.21. The van der Waals surface area contributed by atoms with Gasteiger partial charge in [0.2, 0.25) is 0 Å². The summed E-state index contributed by atoms with van der Waals surface area (Å²) in [6.07, 6.45) is 2.18. The van der Waals surface area contributed by atoms with E-state index in [0.717, 1.165) is 0 Å². The molecule has 1 atom stereocenters. The molecule has 0 aliphatic heterocycles. The van der Waals surface area contributed by atoms with Crippen molar-refractivity contribution < 1.29 is 18.7 Å². The van der Waals surface area contributed by atoms with Gasteiger partial charge in [-0.1, -0.05) is 6.92 Å². The van der Waals surface area contributed by atoms with Crippen LogP contribution in [-0.2, 0) is 12.0 Å². The summed E-state index contributed by atoms with van der Waals surface area (Å²) in [5.41, 5.74) is 0.673. The molecule has 126 valence electrons. The molecule has 3 aromatic rings. The molecule has 1 unspecified atom stereocenters. The number of fused-ring (bicyclic) bond motifs is 1. The Morgan fingerprint density at radius 1 is 1.38 bits per heavy atom. The van der Waals surface area contributed by atoms with Gasteiger partial charge in [-0.15, -0.1) is 0 Å². The molecule has 2 aromatic heterocycles. The average molecular weight is 329 g/mol. The number of aliphatic hydroxyl groups is 1. The molecule has 1 aromatic carbocycles. The zero-order chi connectivity index (χ0) is 17.2. The monoisotopic (exact) mass is 329 g/mol. The highest BCUT2D eigenvalue weighted by molar-refractivity contribution is 5.91. The Morgan fingerprint density at radius 2 is 2.21 bits per heavy atom. The minimum absolute atomic E-state index is 0.0124. The van der Waals surface area contributed by atoms with E-state index in [4.69, 9.17) is 8.83 Å². The number of oxazole rings is 1. The zero-order valence-corrected chi connectivity index (χ0v) is 13.5. The number of urea groups is 1. The average Bonchev–Trinajstić information content (AvgIpc) is 3.22. The number of aromatic nitrogens is 1. The molecule has 0 fully saturated rings. The van der Waals surface area contributed by atoms with Crippen molar-refractivity contribution >= 4 is 22.8 Å². The van der Waals surface area contributed by atoms with Gasteiger partial charge in [-0.25, -0.2) is 9.78 Å². The molecule has 2 heterocycles. The first kappa shape index (κ1) is 16.1. The fourth-order valence-electron chi connectivity index (χ4n) is 2.30. The van der Waals surface area contributed by atoms with Crippen LogP contribution in [-0.4, -0.2) is 22.7 Å². The molecule has 0 aliphatic rings. The largest absolute Gasteiger partial charge is 0.466 e. The number of benzene rings is 1. The number of furan rings is 1. The maximum absolute atomic E-state index is 12.0. The van der Waals surface area contributed by atoms with Crippen LogP contribution in [0.25, 0.3) is 11.1 Å². The van der Waals surface area contributed by atoms with Gasteiger partial charge >= 0.3 is 6.03 Å². The molecule has 7 heteroatoms. The Morgan fingerprint density at radius 3 is 2.92 bits per heavy atom. The van der Waals surface area contributed by atoms with Crippen LogP contribution < -0.4 is 10.6 Å². The van der Waals surface area contributed by atoms with Crippen LogP contribution >= 0.6 is 0 Å². The molecule has 0 radical (unpaired) electrons. The van der Waals surface area contributed by atoms with Crippen LogP contribution in [0.15, 0.2) is 45.4 Å². The number of rotatable bonds is 5. The summed E-state index contributed by atoms with van der Waals surface area (Å²) in [7, 11) is 0. The maximum atomic E-state index is 12.0. The van der Waals surface area contributed by atoms with E-state index < -0.39 is 11.6 Å². The summed E-state index contributed by atoms with van der Waals surface area (Å²) in [6.45, 7) is 3.54. The molecule has 7 nitrogen and oxygen atoms in total. The van der Waals surface area contributed by atoms with Crippen LogP contribution in [0.5, 0.6) is 0 Å². The van der Waals surface area contributed by atoms with Crippen molar-refractivity contribution in [2.24, 2.45) is 0 Å². The van der Waals surface area contributed by atoms with Gasteiger partial charge < -0.3 is 24.6 Å². The molecule has 3 N–H and O–H groups in total. The van der Waals surface area contributed by atoms with Gasteiger partial charge in [-0.3, -0.25) is 0 Å². The second kappa shape index (κ2) is 6.37. The number of nitrogens with zero attached hydrogens (tertiary/aromatic N) is 1. The minimum atomic E-state index is -1.28. The number of carbonyl (C=O) groups excluding carboxylic acids is 1. The van der Waals surface area contributed by atoms with Crippen molar-refractivity contribution in [3.8, 4) is 0 Å². The Balaban J connectivity index is 1.62. The molecule has 0 saturated carbocycles. The summed E-state index contributed by atoms with van der Waals surface area (Å²) in [5, 5.41) is 15.6. The number of aryl methyl sites for hydroxylation is 1. The fraction of sp³-hybridized carbons (Fsp3) is 0.294. The predicted molar refractivity (Wildman–Crippen MR) is 88.7 cm³/mol. The van der Waals surface area contributed by atoms with Crippen LogP contribution in [0.2, 0.25) is 0 Å². The van der Waals surface area contributed by atoms with E-state index >= 15 is 0 Å². The summed E-state index contributed by atoms with van der Waals surface area (Å²) in [6, 6.07) is 8.14. The number of hydrogen-bond acceptors (Lipinski definition) is 5. The first-order chi connectivity index (χ1) is 11.5. The second-order valence-electron chi connectivity index (χ2n) is 5.70. The van der Waals surface area contributed by atoms with Gasteiger partial charge in [-0.2, -0.15) is 0 Å². The minimum Gasteiger partial charge on any atom is -0.466 e. The highest BCUT2D eigenvalue weighted by atomic mass is 16.4. The lowest BCUT2D eigenvalue weighted by Crippen LogP contribution is -2.40. The van der Waals surface area contributed by atoms with Gasteiger partial charge in [0.15, 0.2) is 11.5 Å². The highest BCUT2D eigenvalue weighted by Gasteiger charge is 2.26. The van der Waals surface area contributed by atoms with Crippen LogP contribution in [0, 0.1) is 0 Å². The molecule has 0 aliphatic carbocycles. The van der Waals surface area contributed by atoms with Crippen LogP contribution in [0.4, 0.5) is 10.5 Å². The normalized spacial score (nSPS) is 13.6. The van der Waals surface area contributed by atoms with Gasteiger partial charge in [0.05, 0.1) is 12.8 Å². The lowest BCUT2D eigenvalue weighted by molar-refractivity contribution is 0.0372. The summed E-state index contributed by atoms with van der Waals surface area (Å²) in [4.78, 5) is 16.3. The Kier molecular flexibility index (Phi) is 4.26. The lowest BCUT2D eigenvalue weighted by Gasteiger charge is -2.21. The third-order valence-electron chi connectivity index (χ3n) is 3.64. The van der Waals surface area contributed by atoms with Crippen molar-refractivity contribution in [1.82, 2.24) is 10.3 Å². The molecule has 0 spiro atoms. The van der Waals surface area contributed by atoms with E-state index in [0.29, 0.717) is 34.9 Å². The number of nitrogens with one attached hydrogen (secondary N) is 2. The third-order valence-corrected chi connectivity index (χ3v) is 3.64. The fourth-order valence-corrected chi connectivity index (χ4v) is 2.30. The molecule has 3 rings (SSSR count). The van der Waals surface area contributed by atoms with E-state index in [1.54, 1.807) is 37.3 Å². The zero-order valence-electron chi connectivity index (χ0n) is 13.5.